The van der Waals surface area contributed by atoms with Crippen molar-refractivity contribution in [2.45, 2.75) is 40.2 Å². The molecule has 0 spiro atoms. The molecule has 2 heterocycles. The first kappa shape index (κ1) is 30.6. The summed E-state index contributed by atoms with van der Waals surface area (Å²) < 4.78 is 21.9. The van der Waals surface area contributed by atoms with E-state index < -0.39 is 23.7 Å². The fraction of sp³-hybridized carbons (Fsp3) is 0.355. The zero-order valence-electron chi connectivity index (χ0n) is 24.4. The Morgan fingerprint density at radius 2 is 1.79 bits per heavy atom. The van der Waals surface area contributed by atoms with Crippen LogP contribution < -0.4 is 19.1 Å². The quantitative estimate of drug-likeness (QED) is 0.129. The third-order valence-corrected chi connectivity index (χ3v) is 7.84. The Labute approximate surface area is 248 Å². The number of anilines is 1. The lowest BCUT2D eigenvalue weighted by molar-refractivity contribution is -0.132. The minimum atomic E-state index is -1.08. The number of carbonyl (C=O) groups excluding carboxylic acids is 3. The molecule has 0 saturated carbocycles. The molecule has 1 N–H and O–H groups in total. The molecule has 4 rings (SSSR count). The Hall–Kier alpha value is -4.38. The molecule has 0 bridgehead atoms. The van der Waals surface area contributed by atoms with Gasteiger partial charge in [-0.3, -0.25) is 14.5 Å². The Bertz CT molecular complexity index is 1510. The first-order chi connectivity index (χ1) is 20.1. The summed E-state index contributed by atoms with van der Waals surface area (Å²) in [6.45, 7) is 8.51. The van der Waals surface area contributed by atoms with Crippen LogP contribution in [-0.2, 0) is 14.3 Å². The number of methoxy groups -OCH3 is 2. The Kier molecular flexibility index (Phi) is 9.52. The van der Waals surface area contributed by atoms with Crippen molar-refractivity contribution in [3.63, 3.8) is 0 Å². The van der Waals surface area contributed by atoms with Crippen LogP contribution in [0, 0.1) is 12.8 Å². The summed E-state index contributed by atoms with van der Waals surface area (Å²) in [5.41, 5.74) is 1.02. The summed E-state index contributed by atoms with van der Waals surface area (Å²) >= 11 is 0.930. The van der Waals surface area contributed by atoms with Crippen LogP contribution in [0.1, 0.15) is 59.7 Å². The highest BCUT2D eigenvalue weighted by atomic mass is 32.1. The third kappa shape index (κ3) is 6.11. The minimum absolute atomic E-state index is 0.115. The van der Waals surface area contributed by atoms with Gasteiger partial charge in [-0.2, -0.15) is 0 Å². The number of esters is 1. The fourth-order valence-electron chi connectivity index (χ4n) is 4.50. The number of aryl methyl sites for hydroxylation is 1. The molecule has 1 aliphatic rings. The number of hydrogen-bond acceptors (Lipinski definition) is 10. The van der Waals surface area contributed by atoms with Gasteiger partial charge in [0.15, 0.2) is 16.6 Å². The lowest BCUT2D eigenvalue weighted by Crippen LogP contribution is -2.29. The molecule has 1 fully saturated rings. The van der Waals surface area contributed by atoms with Gasteiger partial charge in [0, 0.05) is 5.56 Å². The van der Waals surface area contributed by atoms with Gasteiger partial charge in [0.2, 0.25) is 0 Å². The van der Waals surface area contributed by atoms with Gasteiger partial charge in [0.1, 0.15) is 16.4 Å². The van der Waals surface area contributed by atoms with Crippen LogP contribution in [0.25, 0.3) is 5.76 Å². The van der Waals surface area contributed by atoms with E-state index in [0.29, 0.717) is 53.2 Å². The first-order valence-electron chi connectivity index (χ1n) is 13.5. The number of aliphatic hydroxyl groups excluding tert-OH is 1. The van der Waals surface area contributed by atoms with E-state index in [9.17, 15) is 19.5 Å². The number of thiazole rings is 1. The molecule has 222 valence electrons. The molecule has 1 unspecified atom stereocenters. The average molecular weight is 595 g/mol. The number of aromatic nitrogens is 1. The zero-order valence-corrected chi connectivity index (χ0v) is 25.2. The summed E-state index contributed by atoms with van der Waals surface area (Å²) in [5.74, 6) is -0.790. The van der Waals surface area contributed by atoms with Crippen molar-refractivity contribution in [3.05, 3.63) is 69.7 Å². The molecule has 1 aliphatic heterocycles. The van der Waals surface area contributed by atoms with Gasteiger partial charge in [0.25, 0.3) is 5.78 Å². The van der Waals surface area contributed by atoms with Crippen molar-refractivity contribution < 1.29 is 38.4 Å². The van der Waals surface area contributed by atoms with E-state index >= 15 is 0 Å². The van der Waals surface area contributed by atoms with Crippen molar-refractivity contribution in [3.8, 4) is 17.2 Å². The SMILES string of the molecule is CCOc1cc(C2C(=C(O)c3ccc(OC)cc3)C(=O)C(=O)N2c2nc(C)c(C(=O)OC)s2)ccc1OCCC(C)C. The topological polar surface area (TPSA) is 124 Å². The Morgan fingerprint density at radius 1 is 1.07 bits per heavy atom. The van der Waals surface area contributed by atoms with Crippen LogP contribution in [0.4, 0.5) is 5.13 Å². The van der Waals surface area contributed by atoms with Gasteiger partial charge in [0.05, 0.1) is 44.7 Å². The number of ether oxygens (including phenoxy) is 4. The largest absolute Gasteiger partial charge is 0.507 e. The smallest absolute Gasteiger partial charge is 0.350 e. The van der Waals surface area contributed by atoms with Crippen LogP contribution in [-0.4, -0.2) is 55.2 Å². The van der Waals surface area contributed by atoms with E-state index in [-0.39, 0.29) is 21.3 Å². The maximum Gasteiger partial charge on any atom is 0.350 e. The highest BCUT2D eigenvalue weighted by Crippen LogP contribution is 2.45. The second kappa shape index (κ2) is 13.1. The number of amides is 1. The maximum atomic E-state index is 13.6. The summed E-state index contributed by atoms with van der Waals surface area (Å²) in [6.07, 6.45) is 0.848. The van der Waals surface area contributed by atoms with Gasteiger partial charge in [-0.25, -0.2) is 9.78 Å². The van der Waals surface area contributed by atoms with Crippen molar-refractivity contribution in [1.82, 2.24) is 4.98 Å². The van der Waals surface area contributed by atoms with E-state index in [1.54, 1.807) is 49.4 Å². The minimum Gasteiger partial charge on any atom is -0.507 e. The number of nitrogens with zero attached hydrogens (tertiary/aromatic N) is 2. The number of rotatable bonds is 11. The predicted molar refractivity (Wildman–Crippen MR) is 159 cm³/mol. The maximum absolute atomic E-state index is 13.6. The Balaban J connectivity index is 1.89. The van der Waals surface area contributed by atoms with E-state index in [1.165, 1.54) is 19.1 Å². The van der Waals surface area contributed by atoms with E-state index in [1.807, 2.05) is 6.92 Å². The van der Waals surface area contributed by atoms with Gasteiger partial charge in [-0.1, -0.05) is 31.3 Å². The molecule has 2 aromatic carbocycles. The molecule has 42 heavy (non-hydrogen) atoms. The van der Waals surface area contributed by atoms with Crippen molar-refractivity contribution >= 4 is 39.9 Å². The molecular weight excluding hydrogens is 560 g/mol. The van der Waals surface area contributed by atoms with Crippen LogP contribution in [0.5, 0.6) is 17.2 Å². The van der Waals surface area contributed by atoms with E-state index in [0.717, 1.165) is 17.8 Å². The molecule has 0 aliphatic carbocycles. The zero-order chi connectivity index (χ0) is 30.6. The van der Waals surface area contributed by atoms with Gasteiger partial charge in [-0.15, -0.1) is 0 Å². The molecule has 3 aromatic rings. The number of ketones is 1. The predicted octanol–water partition coefficient (Wildman–Crippen LogP) is 5.70. The van der Waals surface area contributed by atoms with Crippen LogP contribution >= 0.6 is 11.3 Å². The van der Waals surface area contributed by atoms with Gasteiger partial charge < -0.3 is 24.1 Å². The number of carbonyl (C=O) groups is 3. The van der Waals surface area contributed by atoms with Crippen molar-refractivity contribution in [1.29, 1.82) is 0 Å². The third-order valence-electron chi connectivity index (χ3n) is 6.71. The summed E-state index contributed by atoms with van der Waals surface area (Å²) in [5, 5.41) is 11.6. The second-order valence-electron chi connectivity index (χ2n) is 9.97. The van der Waals surface area contributed by atoms with Crippen LogP contribution in [0.15, 0.2) is 48.0 Å². The fourth-order valence-corrected chi connectivity index (χ4v) is 5.52. The number of benzene rings is 2. The molecule has 0 radical (unpaired) electrons. The Morgan fingerprint density at radius 3 is 2.40 bits per heavy atom. The lowest BCUT2D eigenvalue weighted by Gasteiger charge is -2.24. The highest BCUT2D eigenvalue weighted by Gasteiger charge is 2.48. The van der Waals surface area contributed by atoms with Crippen LogP contribution in [0.2, 0.25) is 0 Å². The van der Waals surface area contributed by atoms with E-state index in [4.69, 9.17) is 18.9 Å². The van der Waals surface area contributed by atoms with Crippen molar-refractivity contribution in [2.75, 3.05) is 32.3 Å². The molecular formula is C31H34N2O8S. The summed E-state index contributed by atoms with van der Waals surface area (Å²) in [6, 6.07) is 10.5. The first-order valence-corrected chi connectivity index (χ1v) is 14.3. The summed E-state index contributed by atoms with van der Waals surface area (Å²) in [4.78, 5) is 45.3. The molecule has 1 atom stereocenters. The molecule has 1 amide bonds. The highest BCUT2D eigenvalue weighted by molar-refractivity contribution is 7.17. The van der Waals surface area contributed by atoms with Crippen molar-refractivity contribution in [2.24, 2.45) is 5.92 Å². The summed E-state index contributed by atoms with van der Waals surface area (Å²) in [7, 11) is 2.77. The number of aliphatic hydroxyl groups is 1. The van der Waals surface area contributed by atoms with E-state index in [2.05, 4.69) is 18.8 Å². The molecule has 10 nitrogen and oxygen atoms in total. The standard InChI is InChI=1S/C31H34N2O8S/c1-7-40-23-16-20(10-13-22(23)41-15-14-17(2)3)25-24(26(34)19-8-11-21(38-5)12-9-19)27(35)29(36)33(25)31-32-18(4)28(42-31)30(37)39-6/h8-13,16-17,25,34H,7,14-15H2,1-6H3. The second-order valence-corrected chi connectivity index (χ2v) is 10.9. The average Bonchev–Trinajstić information content (AvgIpc) is 3.49. The monoisotopic (exact) mass is 594 g/mol. The van der Waals surface area contributed by atoms with Gasteiger partial charge in [-0.05, 0) is 68.1 Å². The number of hydrogen-bond donors (Lipinski definition) is 1. The van der Waals surface area contributed by atoms with Crippen LogP contribution in [0.3, 0.4) is 0 Å². The molecule has 1 saturated heterocycles. The molecule has 1 aromatic heterocycles. The normalized spacial score (nSPS) is 16.2. The van der Waals surface area contributed by atoms with Gasteiger partial charge >= 0.3 is 11.9 Å². The lowest BCUT2D eigenvalue weighted by atomic mass is 9.95. The molecule has 11 heteroatoms. The number of Topliss-reactive ketones (excluding diaryl/α,β-unsaturated/α-hetero) is 1.